The number of hydrogen-bond donors (Lipinski definition) is 0. The molecule has 0 saturated carbocycles. The molecule has 0 saturated heterocycles. The van der Waals surface area contributed by atoms with Gasteiger partial charge < -0.3 is 23.7 Å². The van der Waals surface area contributed by atoms with Gasteiger partial charge in [-0.15, -0.1) is 0 Å². The molecule has 5 rings (SSSR count). The number of esters is 1. The second-order valence-electron chi connectivity index (χ2n) is 8.67. The van der Waals surface area contributed by atoms with Crippen molar-refractivity contribution in [3.8, 4) is 51.0 Å². The molecule has 0 radical (unpaired) electrons. The molecule has 196 valence electrons. The van der Waals surface area contributed by atoms with Crippen LogP contribution in [-0.4, -0.2) is 34.4 Å². The van der Waals surface area contributed by atoms with Gasteiger partial charge in [0.1, 0.15) is 28.7 Å². The Kier molecular flexibility index (Phi) is 7.37. The number of carbonyl (C=O) groups is 1. The highest BCUT2D eigenvalue weighted by molar-refractivity contribution is 6.15. The first-order valence-electron chi connectivity index (χ1n) is 12.4. The summed E-state index contributed by atoms with van der Waals surface area (Å²) in [6.45, 7) is 0. The smallest absolute Gasteiger partial charge is 0.344 e. The summed E-state index contributed by atoms with van der Waals surface area (Å²) in [6.07, 6.45) is 0. The van der Waals surface area contributed by atoms with E-state index in [2.05, 4.69) is 0 Å². The molecular formula is C33H28O6. The van der Waals surface area contributed by atoms with E-state index >= 15 is 0 Å². The highest BCUT2D eigenvalue weighted by Gasteiger charge is 2.27. The van der Waals surface area contributed by atoms with Gasteiger partial charge in [0.25, 0.3) is 0 Å². The Morgan fingerprint density at radius 1 is 0.513 bits per heavy atom. The molecule has 0 aliphatic carbocycles. The Labute approximate surface area is 227 Å². The average molecular weight is 521 g/mol. The SMILES string of the molecule is COc1cccc(OC)c1-c1cc(C(=O)Oc2ccccc2)c(-c2c(OC)cccc2OC)c2ccccc12. The monoisotopic (exact) mass is 520 g/mol. The predicted molar refractivity (Wildman–Crippen MR) is 152 cm³/mol. The quantitative estimate of drug-likeness (QED) is 0.157. The number of rotatable bonds is 8. The van der Waals surface area contributed by atoms with Gasteiger partial charge in [0.15, 0.2) is 0 Å². The van der Waals surface area contributed by atoms with E-state index in [0.717, 1.165) is 21.9 Å². The van der Waals surface area contributed by atoms with E-state index in [4.69, 9.17) is 23.7 Å². The first kappa shape index (κ1) is 25.7. The number of hydrogen-bond acceptors (Lipinski definition) is 6. The standard InChI is InChI=1S/C33H28O6/c1-35-26-16-10-17-27(36-2)31(26)24-20-25(33(34)39-21-12-6-5-7-13-21)30(23-15-9-8-14-22(23)24)32-28(37-3)18-11-19-29(32)38-4/h5-20H,1-4H3. The Balaban J connectivity index is 1.91. The molecule has 5 aromatic carbocycles. The van der Waals surface area contributed by atoms with E-state index in [1.807, 2.05) is 84.9 Å². The summed E-state index contributed by atoms with van der Waals surface area (Å²) < 4.78 is 28.9. The van der Waals surface area contributed by atoms with Crippen molar-refractivity contribution >= 4 is 16.7 Å². The van der Waals surface area contributed by atoms with Crippen molar-refractivity contribution in [3.63, 3.8) is 0 Å². The molecule has 0 unspecified atom stereocenters. The van der Waals surface area contributed by atoms with Crippen molar-refractivity contribution in [1.29, 1.82) is 0 Å². The van der Waals surface area contributed by atoms with E-state index < -0.39 is 5.97 Å². The van der Waals surface area contributed by atoms with Crippen LogP contribution in [0.3, 0.4) is 0 Å². The lowest BCUT2D eigenvalue weighted by molar-refractivity contribution is 0.0735. The second kappa shape index (κ2) is 11.2. The number of fused-ring (bicyclic) bond motifs is 1. The number of carbonyl (C=O) groups excluding carboxylic acids is 1. The topological polar surface area (TPSA) is 63.2 Å². The van der Waals surface area contributed by atoms with Gasteiger partial charge >= 0.3 is 5.97 Å². The molecule has 0 N–H and O–H groups in total. The van der Waals surface area contributed by atoms with Crippen molar-refractivity contribution < 1.29 is 28.5 Å². The first-order chi connectivity index (χ1) is 19.1. The molecule has 0 aromatic heterocycles. The van der Waals surface area contributed by atoms with Crippen molar-refractivity contribution in [3.05, 3.63) is 103 Å². The van der Waals surface area contributed by atoms with Gasteiger partial charge in [-0.25, -0.2) is 4.79 Å². The normalized spacial score (nSPS) is 10.7. The summed E-state index contributed by atoms with van der Waals surface area (Å²) in [5.41, 5.74) is 3.11. The highest BCUT2D eigenvalue weighted by Crippen LogP contribution is 2.49. The number of para-hydroxylation sites is 1. The van der Waals surface area contributed by atoms with E-state index in [1.54, 1.807) is 40.6 Å². The van der Waals surface area contributed by atoms with Gasteiger partial charge in [-0.2, -0.15) is 0 Å². The molecule has 6 nitrogen and oxygen atoms in total. The molecule has 0 aliphatic rings. The number of ether oxygens (including phenoxy) is 5. The summed E-state index contributed by atoms with van der Waals surface area (Å²) in [5.74, 6) is 2.27. The Morgan fingerprint density at radius 3 is 1.54 bits per heavy atom. The van der Waals surface area contributed by atoms with Crippen LogP contribution in [0.1, 0.15) is 10.4 Å². The second-order valence-corrected chi connectivity index (χ2v) is 8.67. The molecule has 0 spiro atoms. The summed E-state index contributed by atoms with van der Waals surface area (Å²) in [4.78, 5) is 14.0. The zero-order valence-electron chi connectivity index (χ0n) is 22.2. The molecule has 0 aliphatic heterocycles. The van der Waals surface area contributed by atoms with Gasteiger partial charge in [0.2, 0.25) is 0 Å². The Morgan fingerprint density at radius 2 is 1.00 bits per heavy atom. The third-order valence-electron chi connectivity index (χ3n) is 6.59. The van der Waals surface area contributed by atoms with Gasteiger partial charge in [-0.1, -0.05) is 54.6 Å². The van der Waals surface area contributed by atoms with Crippen LogP contribution in [0.4, 0.5) is 0 Å². The van der Waals surface area contributed by atoms with Crippen LogP contribution in [0.15, 0.2) is 97.1 Å². The maximum Gasteiger partial charge on any atom is 0.344 e. The van der Waals surface area contributed by atoms with Gasteiger partial charge in [-0.05, 0) is 58.8 Å². The molecule has 0 atom stereocenters. The van der Waals surface area contributed by atoms with E-state index in [1.165, 1.54) is 0 Å². The first-order valence-corrected chi connectivity index (χ1v) is 12.4. The van der Waals surface area contributed by atoms with Crippen LogP contribution in [0.5, 0.6) is 28.7 Å². The minimum atomic E-state index is -0.523. The van der Waals surface area contributed by atoms with Crippen LogP contribution >= 0.6 is 0 Å². The van der Waals surface area contributed by atoms with Crippen molar-refractivity contribution in [2.45, 2.75) is 0 Å². The van der Waals surface area contributed by atoms with Gasteiger partial charge in [0.05, 0.1) is 45.1 Å². The van der Waals surface area contributed by atoms with Crippen LogP contribution in [0.25, 0.3) is 33.0 Å². The van der Waals surface area contributed by atoms with Crippen LogP contribution in [0.2, 0.25) is 0 Å². The fourth-order valence-corrected chi connectivity index (χ4v) is 4.88. The largest absolute Gasteiger partial charge is 0.496 e. The molecule has 0 amide bonds. The van der Waals surface area contributed by atoms with E-state index in [9.17, 15) is 4.79 Å². The van der Waals surface area contributed by atoms with Crippen LogP contribution in [-0.2, 0) is 0 Å². The maximum absolute atomic E-state index is 14.0. The fourth-order valence-electron chi connectivity index (χ4n) is 4.88. The van der Waals surface area contributed by atoms with Crippen molar-refractivity contribution in [2.24, 2.45) is 0 Å². The highest BCUT2D eigenvalue weighted by atomic mass is 16.5. The molecule has 6 heteroatoms. The van der Waals surface area contributed by atoms with Crippen LogP contribution in [0, 0.1) is 0 Å². The maximum atomic E-state index is 14.0. The van der Waals surface area contributed by atoms with Gasteiger partial charge in [0, 0.05) is 5.56 Å². The number of methoxy groups -OCH3 is 4. The Hall–Kier alpha value is -4.97. The average Bonchev–Trinajstić information content (AvgIpc) is 2.99. The minimum absolute atomic E-state index is 0.336. The van der Waals surface area contributed by atoms with Crippen molar-refractivity contribution in [1.82, 2.24) is 0 Å². The zero-order valence-corrected chi connectivity index (χ0v) is 22.2. The number of benzene rings is 5. The third kappa shape index (κ3) is 4.73. The summed E-state index contributed by atoms with van der Waals surface area (Å²) in [6, 6.07) is 29.8. The lowest BCUT2D eigenvalue weighted by Crippen LogP contribution is -2.12. The summed E-state index contributed by atoms with van der Waals surface area (Å²) >= 11 is 0. The predicted octanol–water partition coefficient (Wildman–Crippen LogP) is 7.43. The van der Waals surface area contributed by atoms with E-state index in [0.29, 0.717) is 45.4 Å². The van der Waals surface area contributed by atoms with Gasteiger partial charge in [-0.3, -0.25) is 0 Å². The fraction of sp³-hybridized carbons (Fsp3) is 0.121. The van der Waals surface area contributed by atoms with E-state index in [-0.39, 0.29) is 0 Å². The van der Waals surface area contributed by atoms with Crippen LogP contribution < -0.4 is 23.7 Å². The molecule has 0 fully saturated rings. The zero-order chi connectivity index (χ0) is 27.4. The molecule has 39 heavy (non-hydrogen) atoms. The molecule has 0 heterocycles. The summed E-state index contributed by atoms with van der Waals surface area (Å²) in [7, 11) is 6.41. The van der Waals surface area contributed by atoms with Crippen molar-refractivity contribution in [2.75, 3.05) is 28.4 Å². The third-order valence-corrected chi connectivity index (χ3v) is 6.59. The lowest BCUT2D eigenvalue weighted by Gasteiger charge is -2.21. The summed E-state index contributed by atoms with van der Waals surface area (Å²) in [5, 5.41) is 1.70. The molecule has 0 bridgehead atoms. The minimum Gasteiger partial charge on any atom is -0.496 e. The Bertz CT molecular complexity index is 1600. The molecular weight excluding hydrogens is 492 g/mol. The molecule has 5 aromatic rings. The lowest BCUT2D eigenvalue weighted by atomic mass is 9.86.